The van der Waals surface area contributed by atoms with Crippen LogP contribution in [0.25, 0.3) is 0 Å². The summed E-state index contributed by atoms with van der Waals surface area (Å²) in [6.07, 6.45) is 0.557. The number of benzene rings is 1. The van der Waals surface area contributed by atoms with E-state index in [9.17, 15) is 13.2 Å². The predicted molar refractivity (Wildman–Crippen MR) is 63.0 cm³/mol. The topological polar surface area (TPSA) is 74.7 Å². The van der Waals surface area contributed by atoms with Crippen LogP contribution in [0.2, 0.25) is 0 Å². The van der Waals surface area contributed by atoms with E-state index in [1.54, 1.807) is 0 Å². The molecule has 5 nitrogen and oxygen atoms in total. The second-order valence-electron chi connectivity index (χ2n) is 3.69. The fourth-order valence-corrected chi connectivity index (χ4v) is 2.55. The number of halogens is 1. The van der Waals surface area contributed by atoms with Gasteiger partial charge in [0.1, 0.15) is 5.88 Å². The zero-order valence-electron chi connectivity index (χ0n) is 8.76. The Labute approximate surface area is 104 Å². The second kappa shape index (κ2) is 4.29. The van der Waals surface area contributed by atoms with Gasteiger partial charge in [0.05, 0.1) is 4.90 Å². The summed E-state index contributed by atoms with van der Waals surface area (Å²) >= 11 is 5.48. The normalized spacial score (nSPS) is 14.8. The van der Waals surface area contributed by atoms with E-state index in [0.717, 1.165) is 5.56 Å². The molecule has 1 aliphatic heterocycles. The molecule has 1 N–H and O–H groups in total. The molecule has 0 bridgehead atoms. The van der Waals surface area contributed by atoms with Gasteiger partial charge in [0.2, 0.25) is 5.91 Å². The molecule has 0 fully saturated rings. The molecule has 1 aromatic rings. The van der Waals surface area contributed by atoms with Crippen LogP contribution in [0.1, 0.15) is 5.56 Å². The molecule has 0 atom stereocenters. The number of fused-ring (bicyclic) bond motifs is 1. The molecule has 0 radical (unpaired) electrons. The lowest BCUT2D eigenvalue weighted by atomic mass is 10.2. The molecule has 0 saturated carbocycles. The Morgan fingerprint density at radius 1 is 1.47 bits per heavy atom. The van der Waals surface area contributed by atoms with Gasteiger partial charge in [-0.05, 0) is 30.2 Å². The van der Waals surface area contributed by atoms with E-state index < -0.39 is 10.1 Å². The largest absolute Gasteiger partial charge is 0.311 e. The summed E-state index contributed by atoms with van der Waals surface area (Å²) in [4.78, 5) is 12.8. The third kappa shape index (κ3) is 2.29. The molecule has 17 heavy (non-hydrogen) atoms. The third-order valence-corrected chi connectivity index (χ3v) is 3.74. The summed E-state index contributed by atoms with van der Waals surface area (Å²) in [5.41, 5.74) is 1.38. The zero-order valence-corrected chi connectivity index (χ0v) is 10.3. The number of hydrogen-bond acceptors (Lipinski definition) is 3. The van der Waals surface area contributed by atoms with Crippen molar-refractivity contribution in [3.8, 4) is 0 Å². The molecular weight excluding hydrogens is 266 g/mol. The van der Waals surface area contributed by atoms with Crippen molar-refractivity contribution in [3.05, 3.63) is 23.8 Å². The van der Waals surface area contributed by atoms with Crippen molar-refractivity contribution >= 4 is 33.3 Å². The van der Waals surface area contributed by atoms with Crippen LogP contribution in [0.4, 0.5) is 5.69 Å². The highest BCUT2D eigenvalue weighted by atomic mass is 35.5. The second-order valence-corrected chi connectivity index (χ2v) is 5.38. The first-order valence-electron chi connectivity index (χ1n) is 4.90. The summed E-state index contributed by atoms with van der Waals surface area (Å²) in [5.74, 6) is -0.329. The molecule has 2 rings (SSSR count). The first-order valence-corrected chi connectivity index (χ1v) is 6.87. The van der Waals surface area contributed by atoms with Gasteiger partial charge in [0, 0.05) is 12.2 Å². The molecular formula is C10H10ClNO4S. The molecule has 1 amide bonds. The number of carbonyl (C=O) groups excluding carboxylic acids is 1. The number of hydrogen-bond donors (Lipinski definition) is 1. The lowest BCUT2D eigenvalue weighted by molar-refractivity contribution is -0.116. The standard InChI is InChI=1S/C10H10ClNO4S/c11-6-10(13)12-4-3-7-5-8(17(14,15)16)1-2-9(7)12/h1-2,5H,3-4,6H2,(H,14,15,16). The van der Waals surface area contributed by atoms with E-state index in [-0.39, 0.29) is 16.7 Å². The lowest BCUT2D eigenvalue weighted by Crippen LogP contribution is -2.29. The number of rotatable bonds is 2. The number of alkyl halides is 1. The predicted octanol–water partition coefficient (Wildman–Crippen LogP) is 1.06. The van der Waals surface area contributed by atoms with Gasteiger partial charge < -0.3 is 4.90 Å². The highest BCUT2D eigenvalue weighted by Crippen LogP contribution is 2.30. The highest BCUT2D eigenvalue weighted by Gasteiger charge is 2.25. The minimum Gasteiger partial charge on any atom is -0.311 e. The minimum absolute atomic E-state index is 0.112. The summed E-state index contributed by atoms with van der Waals surface area (Å²) < 4.78 is 30.8. The van der Waals surface area contributed by atoms with Crippen LogP contribution in [0.3, 0.4) is 0 Å². The van der Waals surface area contributed by atoms with Gasteiger partial charge >= 0.3 is 0 Å². The molecule has 0 spiro atoms. The monoisotopic (exact) mass is 275 g/mol. The summed E-state index contributed by atoms with van der Waals surface area (Å²) in [5, 5.41) is 0. The molecule has 1 heterocycles. The fourth-order valence-electron chi connectivity index (χ4n) is 1.87. The van der Waals surface area contributed by atoms with Crippen LogP contribution in [0.15, 0.2) is 23.1 Å². The van der Waals surface area contributed by atoms with Crippen LogP contribution >= 0.6 is 11.6 Å². The molecule has 0 aromatic heterocycles. The lowest BCUT2D eigenvalue weighted by Gasteiger charge is -2.15. The van der Waals surface area contributed by atoms with Crippen molar-refractivity contribution in [1.82, 2.24) is 0 Å². The Morgan fingerprint density at radius 2 is 2.18 bits per heavy atom. The molecule has 92 valence electrons. The van der Waals surface area contributed by atoms with E-state index in [2.05, 4.69) is 0 Å². The Morgan fingerprint density at radius 3 is 2.76 bits per heavy atom. The van der Waals surface area contributed by atoms with Crippen molar-refractivity contribution in [2.45, 2.75) is 11.3 Å². The van der Waals surface area contributed by atoms with Crippen LogP contribution in [-0.4, -0.2) is 31.3 Å². The molecule has 0 aliphatic carbocycles. The van der Waals surface area contributed by atoms with E-state index in [1.807, 2.05) is 0 Å². The van der Waals surface area contributed by atoms with Gasteiger partial charge in [-0.25, -0.2) is 0 Å². The van der Waals surface area contributed by atoms with Gasteiger partial charge in [0.15, 0.2) is 0 Å². The Hall–Kier alpha value is -1.11. The maximum absolute atomic E-state index is 11.5. The maximum atomic E-state index is 11.5. The number of anilines is 1. The van der Waals surface area contributed by atoms with Gasteiger partial charge in [0.25, 0.3) is 10.1 Å². The minimum atomic E-state index is -4.20. The van der Waals surface area contributed by atoms with E-state index in [0.29, 0.717) is 18.7 Å². The van der Waals surface area contributed by atoms with E-state index in [1.165, 1.54) is 23.1 Å². The molecule has 1 aliphatic rings. The van der Waals surface area contributed by atoms with Crippen molar-refractivity contribution in [2.24, 2.45) is 0 Å². The van der Waals surface area contributed by atoms with Crippen molar-refractivity contribution in [3.63, 3.8) is 0 Å². The Kier molecular flexibility index (Phi) is 3.11. The van der Waals surface area contributed by atoms with E-state index >= 15 is 0 Å². The van der Waals surface area contributed by atoms with Crippen LogP contribution in [0, 0.1) is 0 Å². The van der Waals surface area contributed by atoms with Gasteiger partial charge in [-0.1, -0.05) is 0 Å². The number of carbonyl (C=O) groups is 1. The molecule has 0 saturated heterocycles. The van der Waals surface area contributed by atoms with Crippen molar-refractivity contribution in [2.75, 3.05) is 17.3 Å². The van der Waals surface area contributed by atoms with E-state index in [4.69, 9.17) is 16.2 Å². The van der Waals surface area contributed by atoms with Gasteiger partial charge in [-0.2, -0.15) is 8.42 Å². The first-order chi connectivity index (χ1) is 7.93. The summed E-state index contributed by atoms with van der Waals surface area (Å²) in [7, 11) is -4.20. The Bertz CT molecular complexity index is 570. The first kappa shape index (κ1) is 12.3. The summed E-state index contributed by atoms with van der Waals surface area (Å²) in [6, 6.07) is 4.16. The van der Waals surface area contributed by atoms with Crippen LogP contribution in [0.5, 0.6) is 0 Å². The third-order valence-electron chi connectivity index (χ3n) is 2.66. The van der Waals surface area contributed by atoms with Crippen molar-refractivity contribution in [1.29, 1.82) is 0 Å². The molecule has 0 unspecified atom stereocenters. The maximum Gasteiger partial charge on any atom is 0.294 e. The average Bonchev–Trinajstić information content (AvgIpc) is 2.69. The molecule has 1 aromatic carbocycles. The highest BCUT2D eigenvalue weighted by molar-refractivity contribution is 7.85. The van der Waals surface area contributed by atoms with Gasteiger partial charge in [-0.3, -0.25) is 9.35 Å². The van der Waals surface area contributed by atoms with Crippen molar-refractivity contribution < 1.29 is 17.8 Å². The quantitative estimate of drug-likeness (QED) is 0.647. The number of nitrogens with zero attached hydrogens (tertiary/aromatic N) is 1. The summed E-state index contributed by atoms with van der Waals surface area (Å²) in [6.45, 7) is 0.482. The Balaban J connectivity index is 2.42. The fraction of sp³-hybridized carbons (Fsp3) is 0.300. The number of amides is 1. The molecule has 7 heteroatoms. The smallest absolute Gasteiger partial charge is 0.294 e. The zero-order chi connectivity index (χ0) is 12.6. The average molecular weight is 276 g/mol. The van der Waals surface area contributed by atoms with Gasteiger partial charge in [-0.15, -0.1) is 11.6 Å². The SMILES string of the molecule is O=C(CCl)N1CCc2cc(S(=O)(=O)O)ccc21. The van der Waals surface area contributed by atoms with Crippen LogP contribution in [-0.2, 0) is 21.3 Å². The van der Waals surface area contributed by atoms with Crippen LogP contribution < -0.4 is 4.90 Å².